The number of likely N-dealkylation sites (tertiary alicyclic amines) is 1. The smallest absolute Gasteiger partial charge is 0.256 e. The van der Waals surface area contributed by atoms with Crippen molar-refractivity contribution >= 4 is 11.8 Å². The van der Waals surface area contributed by atoms with E-state index in [1.807, 2.05) is 0 Å². The predicted molar refractivity (Wildman–Crippen MR) is 107 cm³/mol. The normalized spacial score (nSPS) is 18.9. The summed E-state index contributed by atoms with van der Waals surface area (Å²) < 4.78 is 27.9. The highest BCUT2D eigenvalue weighted by Gasteiger charge is 2.41. The molecule has 154 valence electrons. The first-order valence-corrected chi connectivity index (χ1v) is 9.93. The molecule has 0 aromatic heterocycles. The molecule has 6 heteroatoms. The summed E-state index contributed by atoms with van der Waals surface area (Å²) in [6, 6.07) is 11.9. The number of carbonyl (C=O) groups excluding carboxylic acids is 2. The topological polar surface area (TPSA) is 49.4 Å². The fourth-order valence-electron chi connectivity index (χ4n) is 3.73. The molecule has 1 N–H and O–H groups in total. The van der Waals surface area contributed by atoms with Crippen molar-refractivity contribution in [3.8, 4) is 0 Å². The zero-order valence-corrected chi connectivity index (χ0v) is 16.7. The van der Waals surface area contributed by atoms with E-state index in [1.54, 1.807) is 18.2 Å². The molecule has 3 rings (SSSR count). The van der Waals surface area contributed by atoms with Crippen LogP contribution in [0.4, 0.5) is 8.78 Å². The molecular formula is C23H26F2N2O2. The fourth-order valence-corrected chi connectivity index (χ4v) is 3.73. The number of benzene rings is 2. The van der Waals surface area contributed by atoms with E-state index in [1.165, 1.54) is 35.2 Å². The van der Waals surface area contributed by atoms with Gasteiger partial charge in [-0.2, -0.15) is 0 Å². The van der Waals surface area contributed by atoms with E-state index in [9.17, 15) is 18.4 Å². The average Bonchev–Trinajstić information content (AvgIpc) is 3.13. The highest BCUT2D eigenvalue weighted by molar-refractivity contribution is 5.95. The number of hydrogen-bond acceptors (Lipinski definition) is 2. The zero-order valence-electron chi connectivity index (χ0n) is 16.7. The molecule has 2 aromatic rings. The van der Waals surface area contributed by atoms with Crippen LogP contribution in [0.25, 0.3) is 0 Å². The van der Waals surface area contributed by atoms with Crippen LogP contribution in [-0.2, 0) is 4.79 Å². The van der Waals surface area contributed by atoms with Gasteiger partial charge in [-0.15, -0.1) is 0 Å². The lowest BCUT2D eigenvalue weighted by Crippen LogP contribution is -2.36. The van der Waals surface area contributed by atoms with E-state index < -0.39 is 17.6 Å². The number of rotatable bonds is 6. The van der Waals surface area contributed by atoms with Crippen molar-refractivity contribution in [1.29, 1.82) is 0 Å². The van der Waals surface area contributed by atoms with Crippen LogP contribution < -0.4 is 5.32 Å². The maximum atomic E-state index is 14.1. The van der Waals surface area contributed by atoms with E-state index in [4.69, 9.17) is 0 Å². The summed E-state index contributed by atoms with van der Waals surface area (Å²) in [5, 5.41) is 2.94. The second kappa shape index (κ2) is 9.16. The second-order valence-electron chi connectivity index (χ2n) is 7.93. The van der Waals surface area contributed by atoms with Crippen LogP contribution in [0.15, 0.2) is 48.5 Å². The third-order valence-electron chi connectivity index (χ3n) is 5.35. The number of carbonyl (C=O) groups is 2. The minimum atomic E-state index is -0.593. The van der Waals surface area contributed by atoms with E-state index in [0.29, 0.717) is 18.0 Å². The first kappa shape index (κ1) is 21.0. The maximum Gasteiger partial charge on any atom is 0.256 e. The summed E-state index contributed by atoms with van der Waals surface area (Å²) in [7, 11) is 0. The summed E-state index contributed by atoms with van der Waals surface area (Å²) >= 11 is 0. The van der Waals surface area contributed by atoms with Gasteiger partial charge in [-0.25, -0.2) is 8.78 Å². The Hall–Kier alpha value is -2.76. The van der Waals surface area contributed by atoms with Crippen molar-refractivity contribution in [2.45, 2.75) is 26.2 Å². The molecule has 1 aliphatic rings. The summed E-state index contributed by atoms with van der Waals surface area (Å²) in [6.07, 6.45) is 0.848. The van der Waals surface area contributed by atoms with Crippen molar-refractivity contribution in [3.05, 3.63) is 71.3 Å². The van der Waals surface area contributed by atoms with Crippen molar-refractivity contribution < 1.29 is 18.4 Å². The number of nitrogens with zero attached hydrogens (tertiary/aromatic N) is 1. The lowest BCUT2D eigenvalue weighted by atomic mass is 9.88. The van der Waals surface area contributed by atoms with Gasteiger partial charge in [0.15, 0.2) is 0 Å². The maximum absolute atomic E-state index is 14.1. The molecule has 2 aromatic carbocycles. The standard InChI is InChI=1S/C23H26F2N2O2/c1-15(2)10-11-26-22(28)20-14-27(23(29)18-8-3-4-9-21(18)25)13-19(20)16-6-5-7-17(24)12-16/h3-9,12,15,19-20H,10-11,13-14H2,1-2H3,(H,26,28)/t19-,20+/m1/s1. The van der Waals surface area contributed by atoms with Crippen molar-refractivity contribution in [2.75, 3.05) is 19.6 Å². The Kier molecular flexibility index (Phi) is 6.62. The summed E-state index contributed by atoms with van der Waals surface area (Å²) in [5.74, 6) is -2.01. The third-order valence-corrected chi connectivity index (χ3v) is 5.35. The molecule has 0 saturated carbocycles. The number of hydrogen-bond donors (Lipinski definition) is 1. The number of nitrogens with one attached hydrogen (secondary N) is 1. The Morgan fingerprint density at radius 2 is 1.86 bits per heavy atom. The van der Waals surface area contributed by atoms with Gasteiger partial charge in [-0.1, -0.05) is 38.1 Å². The average molecular weight is 400 g/mol. The Morgan fingerprint density at radius 1 is 1.10 bits per heavy atom. The number of amides is 2. The van der Waals surface area contributed by atoms with Crippen LogP contribution in [0.3, 0.4) is 0 Å². The zero-order chi connectivity index (χ0) is 21.0. The van der Waals surface area contributed by atoms with Crippen LogP contribution in [0.2, 0.25) is 0 Å². The SMILES string of the molecule is CC(C)CCNC(=O)[C@H]1CN(C(=O)c2ccccc2F)C[C@@H]1c1cccc(F)c1. The van der Waals surface area contributed by atoms with Gasteiger partial charge in [0.25, 0.3) is 5.91 Å². The Bertz CT molecular complexity index is 885. The summed E-state index contributed by atoms with van der Waals surface area (Å²) in [4.78, 5) is 27.2. The molecular weight excluding hydrogens is 374 g/mol. The minimum Gasteiger partial charge on any atom is -0.356 e. The third kappa shape index (κ3) is 5.00. The Labute approximate surface area is 169 Å². The van der Waals surface area contributed by atoms with E-state index in [2.05, 4.69) is 19.2 Å². The molecule has 0 spiro atoms. The van der Waals surface area contributed by atoms with Crippen molar-refractivity contribution in [2.24, 2.45) is 11.8 Å². The van der Waals surface area contributed by atoms with Crippen molar-refractivity contribution in [3.63, 3.8) is 0 Å². The molecule has 0 aliphatic carbocycles. The minimum absolute atomic E-state index is 0.0219. The monoisotopic (exact) mass is 400 g/mol. The van der Waals surface area contributed by atoms with E-state index in [-0.39, 0.29) is 36.3 Å². The van der Waals surface area contributed by atoms with Gasteiger partial charge in [0.2, 0.25) is 5.91 Å². The first-order chi connectivity index (χ1) is 13.9. The van der Waals surface area contributed by atoms with Gasteiger partial charge in [0.05, 0.1) is 11.5 Å². The van der Waals surface area contributed by atoms with Crippen LogP contribution in [0, 0.1) is 23.5 Å². The first-order valence-electron chi connectivity index (χ1n) is 9.93. The highest BCUT2D eigenvalue weighted by atomic mass is 19.1. The molecule has 0 bridgehead atoms. The van der Waals surface area contributed by atoms with E-state index in [0.717, 1.165) is 6.42 Å². The van der Waals surface area contributed by atoms with Crippen LogP contribution in [-0.4, -0.2) is 36.3 Å². The Morgan fingerprint density at radius 3 is 2.55 bits per heavy atom. The molecule has 2 amide bonds. The van der Waals surface area contributed by atoms with Crippen LogP contribution in [0.1, 0.15) is 42.1 Å². The van der Waals surface area contributed by atoms with Gasteiger partial charge in [-0.3, -0.25) is 9.59 Å². The molecule has 0 radical (unpaired) electrons. The number of halogens is 2. The van der Waals surface area contributed by atoms with Gasteiger partial charge in [0.1, 0.15) is 11.6 Å². The van der Waals surface area contributed by atoms with Crippen molar-refractivity contribution in [1.82, 2.24) is 10.2 Å². The van der Waals surface area contributed by atoms with E-state index >= 15 is 0 Å². The molecule has 2 atom stereocenters. The molecule has 1 aliphatic heterocycles. The lowest BCUT2D eigenvalue weighted by molar-refractivity contribution is -0.124. The molecule has 4 nitrogen and oxygen atoms in total. The molecule has 1 fully saturated rings. The fraction of sp³-hybridized carbons (Fsp3) is 0.391. The van der Waals surface area contributed by atoms with Gasteiger partial charge >= 0.3 is 0 Å². The summed E-state index contributed by atoms with van der Waals surface area (Å²) in [5.41, 5.74) is 0.643. The predicted octanol–water partition coefficient (Wildman–Crippen LogP) is 3.98. The Balaban J connectivity index is 1.82. The second-order valence-corrected chi connectivity index (χ2v) is 7.93. The molecule has 29 heavy (non-hydrogen) atoms. The quantitative estimate of drug-likeness (QED) is 0.797. The van der Waals surface area contributed by atoms with Crippen LogP contribution in [0.5, 0.6) is 0 Å². The van der Waals surface area contributed by atoms with Gasteiger partial charge in [-0.05, 0) is 42.2 Å². The largest absolute Gasteiger partial charge is 0.356 e. The van der Waals surface area contributed by atoms with Gasteiger partial charge in [0, 0.05) is 25.6 Å². The molecule has 1 saturated heterocycles. The molecule has 0 unspecified atom stereocenters. The highest BCUT2D eigenvalue weighted by Crippen LogP contribution is 2.34. The molecule has 1 heterocycles. The lowest BCUT2D eigenvalue weighted by Gasteiger charge is -2.18. The van der Waals surface area contributed by atoms with Crippen LogP contribution >= 0.6 is 0 Å². The summed E-state index contributed by atoms with van der Waals surface area (Å²) in [6.45, 7) is 5.10. The van der Waals surface area contributed by atoms with Gasteiger partial charge < -0.3 is 10.2 Å².